The van der Waals surface area contributed by atoms with Gasteiger partial charge in [-0.15, -0.1) is 0 Å². The van der Waals surface area contributed by atoms with Crippen LogP contribution in [0.5, 0.6) is 0 Å². The fourth-order valence-electron chi connectivity index (χ4n) is 0. The molecule has 30 valence electrons. The maximum atomic E-state index is 9.13. The molecular weight excluding hydrogens is 109 g/mol. The van der Waals surface area contributed by atoms with Gasteiger partial charge >= 0.3 is 51.4 Å². The molecule has 0 spiro atoms. The third kappa shape index (κ3) is 8.91. The van der Waals surface area contributed by atoms with E-state index in [4.69, 9.17) is 9.90 Å². The average molecular weight is 113 g/mol. The summed E-state index contributed by atoms with van der Waals surface area (Å²) >= 11 is 0. The average Bonchev–Trinajstić information content (AvgIpc) is 1.38. The molecule has 0 aliphatic heterocycles. The van der Waals surface area contributed by atoms with Crippen molar-refractivity contribution in [3.05, 3.63) is 0 Å². The van der Waals surface area contributed by atoms with Crippen LogP contribution in [0.15, 0.2) is 0 Å². The third-order valence-corrected chi connectivity index (χ3v) is 0.167. The van der Waals surface area contributed by atoms with Crippen LogP contribution in [0, 0.1) is 0 Å². The third-order valence-electron chi connectivity index (χ3n) is 0.167. The number of nitrogens with two attached hydrogens (primary N) is 1. The van der Waals surface area contributed by atoms with E-state index in [2.05, 4.69) is 5.73 Å². The molecule has 0 aliphatic rings. The summed E-state index contributed by atoms with van der Waals surface area (Å²) in [7, 11) is 0. The molecule has 3 nitrogen and oxygen atoms in total. The van der Waals surface area contributed by atoms with Crippen LogP contribution < -0.4 is 62.2 Å². The zero-order valence-corrected chi connectivity index (χ0v) is 6.72. The second kappa shape index (κ2) is 6.07. The molecule has 6 heavy (non-hydrogen) atoms. The van der Waals surface area contributed by atoms with Gasteiger partial charge in [-0.05, 0) is 0 Å². The van der Waals surface area contributed by atoms with E-state index in [1.54, 1.807) is 0 Å². The number of carboxylic acids is 1. The topological polar surface area (TPSA) is 66.2 Å². The molecule has 0 saturated heterocycles. The minimum absolute atomic E-state index is 0. The van der Waals surface area contributed by atoms with Crippen molar-refractivity contribution in [2.24, 2.45) is 5.73 Å². The SMILES string of the molecule is NCC(=O)[O-].[K+]. The molecule has 0 atom stereocenters. The minimum Gasteiger partial charge on any atom is -0.549 e. The molecule has 0 radical (unpaired) electrons. The van der Waals surface area contributed by atoms with Crippen LogP contribution in [-0.2, 0) is 4.79 Å². The fourth-order valence-corrected chi connectivity index (χ4v) is 0. The van der Waals surface area contributed by atoms with E-state index in [1.807, 2.05) is 0 Å². The standard InChI is InChI=1S/C2H5NO2.K/c3-1-2(4)5;/h1,3H2,(H,4,5);/q;+1/p-1. The van der Waals surface area contributed by atoms with Crippen molar-refractivity contribution < 1.29 is 61.3 Å². The molecule has 0 saturated carbocycles. The van der Waals surface area contributed by atoms with Gasteiger partial charge in [0, 0.05) is 6.54 Å². The maximum absolute atomic E-state index is 9.13. The summed E-state index contributed by atoms with van der Waals surface area (Å²) in [6, 6.07) is 0. The first-order valence-corrected chi connectivity index (χ1v) is 1.17. The van der Waals surface area contributed by atoms with Crippen LogP contribution in [-0.4, -0.2) is 12.5 Å². The second-order valence-electron chi connectivity index (χ2n) is 0.576. The number of rotatable bonds is 1. The van der Waals surface area contributed by atoms with Crippen molar-refractivity contribution in [1.29, 1.82) is 0 Å². The van der Waals surface area contributed by atoms with Crippen LogP contribution in [0.2, 0.25) is 0 Å². The van der Waals surface area contributed by atoms with Gasteiger partial charge in [-0.3, -0.25) is 0 Å². The van der Waals surface area contributed by atoms with Gasteiger partial charge in [0.2, 0.25) is 0 Å². The Hall–Kier alpha value is 1.07. The van der Waals surface area contributed by atoms with Gasteiger partial charge in [0.15, 0.2) is 0 Å². The van der Waals surface area contributed by atoms with Crippen LogP contribution in [0.1, 0.15) is 0 Å². The Morgan fingerprint density at radius 1 is 1.83 bits per heavy atom. The Balaban J connectivity index is 0. The molecule has 2 N–H and O–H groups in total. The van der Waals surface area contributed by atoms with E-state index in [0.717, 1.165) is 0 Å². The normalized spacial score (nSPS) is 6.17. The van der Waals surface area contributed by atoms with E-state index in [1.165, 1.54) is 0 Å². The molecule has 0 aliphatic carbocycles. The quantitative estimate of drug-likeness (QED) is 0.345. The van der Waals surface area contributed by atoms with E-state index in [9.17, 15) is 0 Å². The first-order chi connectivity index (χ1) is 2.27. The molecule has 0 aromatic heterocycles. The summed E-state index contributed by atoms with van der Waals surface area (Å²) in [5.74, 6) is -1.22. The molecule has 0 unspecified atom stereocenters. The monoisotopic (exact) mass is 113 g/mol. The van der Waals surface area contributed by atoms with Crippen LogP contribution in [0.3, 0.4) is 0 Å². The fraction of sp³-hybridized carbons (Fsp3) is 0.500. The summed E-state index contributed by atoms with van der Waals surface area (Å²) in [6.07, 6.45) is 0. The van der Waals surface area contributed by atoms with E-state index < -0.39 is 5.97 Å². The van der Waals surface area contributed by atoms with E-state index >= 15 is 0 Å². The molecule has 0 fully saturated rings. The minimum atomic E-state index is -1.22. The second-order valence-corrected chi connectivity index (χ2v) is 0.576. The van der Waals surface area contributed by atoms with E-state index in [0.29, 0.717) is 0 Å². The van der Waals surface area contributed by atoms with Gasteiger partial charge in [-0.1, -0.05) is 0 Å². The van der Waals surface area contributed by atoms with Gasteiger partial charge in [0.1, 0.15) is 0 Å². The van der Waals surface area contributed by atoms with Crippen LogP contribution in [0.25, 0.3) is 0 Å². The van der Waals surface area contributed by atoms with Crippen LogP contribution in [0.4, 0.5) is 0 Å². The number of hydrogen-bond acceptors (Lipinski definition) is 3. The van der Waals surface area contributed by atoms with Crippen molar-refractivity contribution in [1.82, 2.24) is 0 Å². The molecule has 0 heterocycles. The molecule has 0 rings (SSSR count). The zero-order chi connectivity index (χ0) is 4.28. The van der Waals surface area contributed by atoms with Gasteiger partial charge < -0.3 is 15.6 Å². The van der Waals surface area contributed by atoms with Crippen molar-refractivity contribution in [3.63, 3.8) is 0 Å². The van der Waals surface area contributed by atoms with Crippen LogP contribution >= 0.6 is 0 Å². The molecule has 0 aromatic carbocycles. The zero-order valence-electron chi connectivity index (χ0n) is 3.60. The predicted molar refractivity (Wildman–Crippen MR) is 14.1 cm³/mol. The summed E-state index contributed by atoms with van der Waals surface area (Å²) in [5.41, 5.74) is 4.51. The Kier molecular flexibility index (Phi) is 10.2. The van der Waals surface area contributed by atoms with Crippen molar-refractivity contribution in [2.45, 2.75) is 0 Å². The maximum Gasteiger partial charge on any atom is 1.00 e. The Morgan fingerprint density at radius 3 is 2.00 bits per heavy atom. The summed E-state index contributed by atoms with van der Waals surface area (Å²) in [6.45, 7) is -0.389. The number of carboxylic acid groups (broad SMARTS) is 1. The van der Waals surface area contributed by atoms with Gasteiger partial charge in [0.25, 0.3) is 0 Å². The molecule has 4 heteroatoms. The number of carbonyl (C=O) groups excluding carboxylic acids is 1. The Bertz CT molecular complexity index is 46.8. The van der Waals surface area contributed by atoms with Gasteiger partial charge in [-0.25, -0.2) is 0 Å². The smallest absolute Gasteiger partial charge is 0.549 e. The summed E-state index contributed by atoms with van der Waals surface area (Å²) in [4.78, 5) is 9.13. The number of aliphatic carboxylic acids is 1. The largest absolute Gasteiger partial charge is 1.00 e. The Labute approximate surface area is 78.3 Å². The number of carbonyl (C=O) groups is 1. The Morgan fingerprint density at radius 2 is 2.00 bits per heavy atom. The summed E-state index contributed by atoms with van der Waals surface area (Å²) in [5, 5.41) is 9.13. The van der Waals surface area contributed by atoms with Gasteiger partial charge in [0.05, 0.1) is 5.97 Å². The van der Waals surface area contributed by atoms with Crippen molar-refractivity contribution >= 4 is 5.97 Å². The predicted octanol–water partition coefficient (Wildman–Crippen LogP) is -5.30. The molecule has 0 aromatic rings. The van der Waals surface area contributed by atoms with Crippen molar-refractivity contribution in [2.75, 3.05) is 6.54 Å². The van der Waals surface area contributed by atoms with Crippen molar-refractivity contribution in [3.8, 4) is 0 Å². The molecule has 0 bridgehead atoms. The molecule has 0 amide bonds. The number of hydrogen-bond donors (Lipinski definition) is 1. The summed E-state index contributed by atoms with van der Waals surface area (Å²) < 4.78 is 0. The van der Waals surface area contributed by atoms with Gasteiger partial charge in [-0.2, -0.15) is 0 Å². The molecular formula is C2H4KNO2. The first kappa shape index (κ1) is 10.1. The first-order valence-electron chi connectivity index (χ1n) is 1.17. The van der Waals surface area contributed by atoms with E-state index in [-0.39, 0.29) is 57.9 Å².